The molecule has 1 N–H and O–H groups in total. The number of carbonyl (C=O) groups excluding carboxylic acids is 1. The van der Waals surface area contributed by atoms with Crippen molar-refractivity contribution in [1.82, 2.24) is 19.7 Å². The van der Waals surface area contributed by atoms with Crippen LogP contribution in [-0.4, -0.2) is 44.3 Å². The lowest BCUT2D eigenvalue weighted by atomic mass is 9.99. The summed E-state index contributed by atoms with van der Waals surface area (Å²) in [6.45, 7) is 0.397. The van der Waals surface area contributed by atoms with Gasteiger partial charge in [0.1, 0.15) is 17.2 Å². The van der Waals surface area contributed by atoms with Crippen LogP contribution in [0.25, 0.3) is 22.4 Å². The molecule has 2 aromatic heterocycles. The number of halogens is 1. The molecule has 2 aromatic carbocycles. The number of aromatic nitrogens is 3. The van der Waals surface area contributed by atoms with Gasteiger partial charge in [-0.05, 0) is 47.5 Å². The summed E-state index contributed by atoms with van der Waals surface area (Å²) in [5, 5.41) is 14.3. The SMILES string of the molecule is CN(Cc1ccccc1)C(=O)c1c(-c2ccncc2)c(-c2ccc(F)cc2)nn1CCO. The monoisotopic (exact) mass is 430 g/mol. The van der Waals surface area contributed by atoms with Gasteiger partial charge in [-0.25, -0.2) is 4.39 Å². The molecule has 162 valence electrons. The van der Waals surface area contributed by atoms with Gasteiger partial charge in [-0.3, -0.25) is 14.5 Å². The lowest BCUT2D eigenvalue weighted by molar-refractivity contribution is 0.0772. The average molecular weight is 430 g/mol. The highest BCUT2D eigenvalue weighted by Gasteiger charge is 2.27. The van der Waals surface area contributed by atoms with Crippen molar-refractivity contribution in [2.24, 2.45) is 0 Å². The first kappa shape index (κ1) is 21.4. The average Bonchev–Trinajstić information content (AvgIpc) is 3.19. The number of aliphatic hydroxyl groups is 1. The van der Waals surface area contributed by atoms with Crippen molar-refractivity contribution in [3.63, 3.8) is 0 Å². The first-order chi connectivity index (χ1) is 15.6. The fourth-order valence-electron chi connectivity index (χ4n) is 3.65. The molecule has 32 heavy (non-hydrogen) atoms. The van der Waals surface area contributed by atoms with Crippen LogP contribution >= 0.6 is 0 Å². The smallest absolute Gasteiger partial charge is 0.272 e. The first-order valence-corrected chi connectivity index (χ1v) is 10.3. The summed E-state index contributed by atoms with van der Waals surface area (Å²) in [5.41, 5.74) is 3.97. The summed E-state index contributed by atoms with van der Waals surface area (Å²) in [6.07, 6.45) is 3.30. The molecule has 1 amide bonds. The zero-order valence-electron chi connectivity index (χ0n) is 17.6. The maximum atomic E-state index is 13.6. The highest BCUT2D eigenvalue weighted by molar-refractivity contribution is 6.03. The number of nitrogens with zero attached hydrogens (tertiary/aromatic N) is 4. The van der Waals surface area contributed by atoms with E-state index >= 15 is 0 Å². The second-order valence-corrected chi connectivity index (χ2v) is 7.41. The lowest BCUT2D eigenvalue weighted by Gasteiger charge is -2.19. The lowest BCUT2D eigenvalue weighted by Crippen LogP contribution is -2.29. The summed E-state index contributed by atoms with van der Waals surface area (Å²) < 4.78 is 15.1. The molecule has 4 rings (SSSR count). The fourth-order valence-corrected chi connectivity index (χ4v) is 3.65. The van der Waals surface area contributed by atoms with E-state index in [2.05, 4.69) is 10.1 Å². The number of aliphatic hydroxyl groups excluding tert-OH is 1. The molecule has 0 aliphatic carbocycles. The molecule has 0 aliphatic heterocycles. The van der Waals surface area contributed by atoms with Gasteiger partial charge < -0.3 is 10.0 Å². The number of rotatable bonds is 7. The van der Waals surface area contributed by atoms with Gasteiger partial charge in [-0.15, -0.1) is 0 Å². The number of pyridine rings is 1. The van der Waals surface area contributed by atoms with Gasteiger partial charge in [0.05, 0.1) is 13.2 Å². The van der Waals surface area contributed by atoms with Crippen LogP contribution in [-0.2, 0) is 13.1 Å². The van der Waals surface area contributed by atoms with E-state index in [-0.39, 0.29) is 24.9 Å². The predicted octanol–water partition coefficient (Wildman–Crippen LogP) is 4.02. The maximum absolute atomic E-state index is 13.6. The Morgan fingerprint density at radius 1 is 1.00 bits per heavy atom. The largest absolute Gasteiger partial charge is 0.394 e. The van der Waals surface area contributed by atoms with Gasteiger partial charge in [0.15, 0.2) is 0 Å². The van der Waals surface area contributed by atoms with Crippen molar-refractivity contribution in [1.29, 1.82) is 0 Å². The van der Waals surface area contributed by atoms with Crippen LogP contribution in [0, 0.1) is 5.82 Å². The van der Waals surface area contributed by atoms with Crippen LogP contribution in [0.2, 0.25) is 0 Å². The molecule has 0 radical (unpaired) electrons. The van der Waals surface area contributed by atoms with E-state index in [9.17, 15) is 14.3 Å². The molecular formula is C25H23FN4O2. The first-order valence-electron chi connectivity index (χ1n) is 10.3. The van der Waals surface area contributed by atoms with Gasteiger partial charge in [0, 0.05) is 37.1 Å². The number of amides is 1. The van der Waals surface area contributed by atoms with Crippen molar-refractivity contribution < 1.29 is 14.3 Å². The van der Waals surface area contributed by atoms with Gasteiger partial charge in [-0.1, -0.05) is 30.3 Å². The van der Waals surface area contributed by atoms with E-state index < -0.39 is 0 Å². The Labute approximate surface area is 185 Å². The van der Waals surface area contributed by atoms with Crippen molar-refractivity contribution in [3.8, 4) is 22.4 Å². The minimum absolute atomic E-state index is 0.152. The summed E-state index contributed by atoms with van der Waals surface area (Å²) in [5.74, 6) is -0.581. The third-order valence-corrected chi connectivity index (χ3v) is 5.16. The molecule has 6 nitrogen and oxygen atoms in total. The molecule has 0 saturated carbocycles. The Balaban J connectivity index is 1.86. The summed E-state index contributed by atoms with van der Waals surface area (Å²) >= 11 is 0. The Hall–Kier alpha value is -3.84. The molecule has 7 heteroatoms. The highest BCUT2D eigenvalue weighted by Crippen LogP contribution is 2.35. The van der Waals surface area contributed by atoms with Gasteiger partial charge in [0.2, 0.25) is 0 Å². The number of benzene rings is 2. The van der Waals surface area contributed by atoms with E-state index in [0.29, 0.717) is 29.1 Å². The highest BCUT2D eigenvalue weighted by atomic mass is 19.1. The maximum Gasteiger partial charge on any atom is 0.272 e. The van der Waals surface area contributed by atoms with Crippen molar-refractivity contribution in [2.45, 2.75) is 13.1 Å². The summed E-state index contributed by atoms with van der Waals surface area (Å²) in [7, 11) is 1.74. The predicted molar refractivity (Wildman–Crippen MR) is 120 cm³/mol. The number of hydrogen-bond acceptors (Lipinski definition) is 4. The standard InChI is InChI=1S/C25H23FN4O2/c1-29(17-18-5-3-2-4-6-18)25(32)24-22(19-11-13-27-14-12-19)23(28-30(24)15-16-31)20-7-9-21(26)10-8-20/h2-14,31H,15-17H2,1H3. The van der Waals surface area contributed by atoms with Crippen molar-refractivity contribution in [2.75, 3.05) is 13.7 Å². The van der Waals surface area contributed by atoms with Crippen LogP contribution in [0.5, 0.6) is 0 Å². The van der Waals surface area contributed by atoms with E-state index in [4.69, 9.17) is 0 Å². The molecule has 0 unspecified atom stereocenters. The zero-order valence-corrected chi connectivity index (χ0v) is 17.6. The number of carbonyl (C=O) groups is 1. The second kappa shape index (κ2) is 9.53. The van der Waals surface area contributed by atoms with Crippen molar-refractivity contribution >= 4 is 5.91 Å². The van der Waals surface area contributed by atoms with E-state index in [1.807, 2.05) is 30.3 Å². The molecule has 0 spiro atoms. The molecule has 0 bridgehead atoms. The topological polar surface area (TPSA) is 71.2 Å². The quantitative estimate of drug-likeness (QED) is 0.481. The Morgan fingerprint density at radius 3 is 2.34 bits per heavy atom. The van der Waals surface area contributed by atoms with E-state index in [0.717, 1.165) is 11.1 Å². The van der Waals surface area contributed by atoms with Crippen LogP contribution in [0.4, 0.5) is 4.39 Å². The van der Waals surface area contributed by atoms with Gasteiger partial charge >= 0.3 is 0 Å². The Kier molecular flexibility index (Phi) is 6.37. The molecule has 4 aromatic rings. The van der Waals surface area contributed by atoms with Crippen LogP contribution in [0.1, 0.15) is 16.1 Å². The van der Waals surface area contributed by atoms with E-state index in [1.165, 1.54) is 16.8 Å². The van der Waals surface area contributed by atoms with Gasteiger partial charge in [0.25, 0.3) is 5.91 Å². The second-order valence-electron chi connectivity index (χ2n) is 7.41. The molecule has 2 heterocycles. The fraction of sp³-hybridized carbons (Fsp3) is 0.160. The van der Waals surface area contributed by atoms with Crippen LogP contribution in [0.15, 0.2) is 79.1 Å². The summed E-state index contributed by atoms with van der Waals surface area (Å²) in [6, 6.07) is 19.3. The normalized spacial score (nSPS) is 10.8. The van der Waals surface area contributed by atoms with Crippen LogP contribution in [0.3, 0.4) is 0 Å². The number of hydrogen-bond donors (Lipinski definition) is 1. The molecule has 0 saturated heterocycles. The summed E-state index contributed by atoms with van der Waals surface area (Å²) in [4.78, 5) is 19.4. The minimum Gasteiger partial charge on any atom is -0.394 e. The van der Waals surface area contributed by atoms with Gasteiger partial charge in [-0.2, -0.15) is 5.10 Å². The van der Waals surface area contributed by atoms with E-state index in [1.54, 1.807) is 48.6 Å². The van der Waals surface area contributed by atoms with Crippen molar-refractivity contribution in [3.05, 3.63) is 96.2 Å². The van der Waals surface area contributed by atoms with Crippen LogP contribution < -0.4 is 0 Å². The molecule has 0 aliphatic rings. The molecule has 0 fully saturated rings. The molecule has 0 atom stereocenters. The third kappa shape index (κ3) is 4.43. The zero-order chi connectivity index (χ0) is 22.5. The minimum atomic E-state index is -0.354. The molecular weight excluding hydrogens is 407 g/mol. The Bertz CT molecular complexity index is 1190. The Morgan fingerprint density at radius 2 is 1.69 bits per heavy atom. The third-order valence-electron chi connectivity index (χ3n) is 5.16.